The standard InChI is InChI=1S/C17H36NO4Si2/c1-7-9-12-23(4)22-24(5,6)13-10-11-21-15-16(19)14-18(3)17(20)8-2/h8,16,19H,2,7,9-15H2,1,3-6H3. The van der Waals surface area contributed by atoms with Gasteiger partial charge in [0.05, 0.1) is 12.7 Å². The van der Waals surface area contributed by atoms with Crippen LogP contribution in [0.5, 0.6) is 0 Å². The number of hydrogen-bond donors (Lipinski definition) is 1. The van der Waals surface area contributed by atoms with Crippen molar-refractivity contribution < 1.29 is 18.8 Å². The molecule has 1 radical (unpaired) electrons. The summed E-state index contributed by atoms with van der Waals surface area (Å²) in [5.41, 5.74) is 0. The van der Waals surface area contributed by atoms with E-state index in [1.165, 1.54) is 29.9 Å². The Hall–Kier alpha value is -0.476. The van der Waals surface area contributed by atoms with Crippen molar-refractivity contribution in [3.8, 4) is 0 Å². The molecule has 0 rings (SSSR count). The Morgan fingerprint density at radius 2 is 2.08 bits per heavy atom. The Balaban J connectivity index is 3.83. The van der Waals surface area contributed by atoms with Gasteiger partial charge in [0.1, 0.15) is 0 Å². The van der Waals surface area contributed by atoms with Crippen molar-refractivity contribution in [2.45, 2.75) is 64.0 Å². The Morgan fingerprint density at radius 1 is 1.42 bits per heavy atom. The van der Waals surface area contributed by atoms with Gasteiger partial charge in [-0.05, 0) is 44.2 Å². The number of aliphatic hydroxyl groups excluding tert-OH is 1. The van der Waals surface area contributed by atoms with Gasteiger partial charge >= 0.3 is 0 Å². The SMILES string of the molecule is C=CC(=O)N(C)CC(O)COCCC[Si](C)(C)O[Si](C)CCCC. The molecule has 0 bridgehead atoms. The summed E-state index contributed by atoms with van der Waals surface area (Å²) < 4.78 is 11.9. The van der Waals surface area contributed by atoms with Gasteiger partial charge in [-0.1, -0.05) is 26.3 Å². The van der Waals surface area contributed by atoms with Crippen molar-refractivity contribution in [2.75, 3.05) is 26.8 Å². The maximum Gasteiger partial charge on any atom is 0.245 e. The highest BCUT2D eigenvalue weighted by atomic mass is 28.4. The van der Waals surface area contributed by atoms with Crippen LogP contribution in [0.1, 0.15) is 26.2 Å². The van der Waals surface area contributed by atoms with Crippen molar-refractivity contribution in [2.24, 2.45) is 0 Å². The molecular formula is C17H36NO4Si2. The number of unbranched alkanes of at least 4 members (excludes halogenated alkanes) is 1. The van der Waals surface area contributed by atoms with E-state index in [1.807, 2.05) is 0 Å². The molecule has 24 heavy (non-hydrogen) atoms. The zero-order valence-electron chi connectivity index (χ0n) is 16.1. The third-order valence-electron chi connectivity index (χ3n) is 3.75. The average molecular weight is 375 g/mol. The Labute approximate surface area is 150 Å². The molecule has 0 aromatic rings. The van der Waals surface area contributed by atoms with E-state index in [9.17, 15) is 9.90 Å². The zero-order chi connectivity index (χ0) is 18.6. The van der Waals surface area contributed by atoms with Gasteiger partial charge in [0, 0.05) is 20.2 Å². The number of hydrogen-bond acceptors (Lipinski definition) is 4. The fourth-order valence-electron chi connectivity index (χ4n) is 2.43. The van der Waals surface area contributed by atoms with E-state index in [1.54, 1.807) is 7.05 Å². The summed E-state index contributed by atoms with van der Waals surface area (Å²) in [5, 5.41) is 9.86. The topological polar surface area (TPSA) is 59.0 Å². The second-order valence-electron chi connectivity index (χ2n) is 6.92. The van der Waals surface area contributed by atoms with Crippen molar-refractivity contribution >= 4 is 23.3 Å². The van der Waals surface area contributed by atoms with Gasteiger partial charge in [0.25, 0.3) is 0 Å². The Kier molecular flexibility index (Phi) is 12.6. The first-order chi connectivity index (χ1) is 11.2. The molecule has 0 aliphatic heterocycles. The molecule has 0 spiro atoms. The molecule has 0 fully saturated rings. The first kappa shape index (κ1) is 23.5. The van der Waals surface area contributed by atoms with Gasteiger partial charge in [0.15, 0.2) is 17.4 Å². The van der Waals surface area contributed by atoms with E-state index in [2.05, 4.69) is 33.1 Å². The van der Waals surface area contributed by atoms with Crippen molar-refractivity contribution in [3.05, 3.63) is 12.7 Å². The molecule has 7 heteroatoms. The highest BCUT2D eigenvalue weighted by Crippen LogP contribution is 2.17. The fraction of sp³-hybridized carbons (Fsp3) is 0.824. The maximum atomic E-state index is 11.3. The number of carbonyl (C=O) groups excluding carboxylic acids is 1. The smallest absolute Gasteiger partial charge is 0.245 e. The third-order valence-corrected chi connectivity index (χ3v) is 9.97. The van der Waals surface area contributed by atoms with Gasteiger partial charge in [0.2, 0.25) is 5.91 Å². The maximum absolute atomic E-state index is 11.3. The number of nitrogens with zero attached hydrogens (tertiary/aromatic N) is 1. The number of ether oxygens (including phenoxy) is 1. The minimum Gasteiger partial charge on any atom is -0.456 e. The summed E-state index contributed by atoms with van der Waals surface area (Å²) in [4.78, 5) is 12.8. The van der Waals surface area contributed by atoms with Gasteiger partial charge in [-0.15, -0.1) is 0 Å². The number of carbonyl (C=O) groups is 1. The molecule has 5 nitrogen and oxygen atoms in total. The van der Waals surface area contributed by atoms with Crippen LogP contribution in [-0.2, 0) is 13.6 Å². The van der Waals surface area contributed by atoms with Crippen LogP contribution in [0.3, 0.4) is 0 Å². The van der Waals surface area contributed by atoms with Crippen LogP contribution in [0, 0.1) is 0 Å². The van der Waals surface area contributed by atoms with Crippen LogP contribution in [0.15, 0.2) is 12.7 Å². The van der Waals surface area contributed by atoms with Crippen molar-refractivity contribution in [1.82, 2.24) is 4.90 Å². The lowest BCUT2D eigenvalue weighted by molar-refractivity contribution is -0.126. The minimum absolute atomic E-state index is 0.195. The third kappa shape index (κ3) is 12.0. The molecule has 0 saturated carbocycles. The van der Waals surface area contributed by atoms with Crippen LogP contribution in [-0.4, -0.2) is 66.2 Å². The normalized spacial score (nSPS) is 13.1. The van der Waals surface area contributed by atoms with Gasteiger partial charge in [-0.25, -0.2) is 0 Å². The first-order valence-electron chi connectivity index (χ1n) is 8.86. The fourth-order valence-corrected chi connectivity index (χ4v) is 8.87. The summed E-state index contributed by atoms with van der Waals surface area (Å²) in [6.07, 6.45) is 4.02. The molecule has 0 heterocycles. The predicted octanol–water partition coefficient (Wildman–Crippen LogP) is 3.04. The summed E-state index contributed by atoms with van der Waals surface area (Å²) in [5.74, 6) is -0.195. The minimum atomic E-state index is -1.60. The quantitative estimate of drug-likeness (QED) is 0.288. The Bertz CT molecular complexity index is 366. The van der Waals surface area contributed by atoms with Crippen LogP contribution < -0.4 is 0 Å². The van der Waals surface area contributed by atoms with Crippen LogP contribution >= 0.6 is 0 Å². The number of rotatable bonds is 14. The monoisotopic (exact) mass is 374 g/mol. The second-order valence-corrected chi connectivity index (χ2v) is 13.7. The summed E-state index contributed by atoms with van der Waals surface area (Å²) >= 11 is 0. The predicted molar refractivity (Wildman–Crippen MR) is 104 cm³/mol. The summed E-state index contributed by atoms with van der Waals surface area (Å²) in [7, 11) is -0.614. The molecular weight excluding hydrogens is 338 g/mol. The summed E-state index contributed by atoms with van der Waals surface area (Å²) in [6.45, 7) is 13.6. The van der Waals surface area contributed by atoms with Gasteiger partial charge < -0.3 is 18.9 Å². The molecule has 0 aliphatic carbocycles. The largest absolute Gasteiger partial charge is 0.456 e. The molecule has 141 valence electrons. The van der Waals surface area contributed by atoms with E-state index >= 15 is 0 Å². The van der Waals surface area contributed by atoms with Crippen molar-refractivity contribution in [1.29, 1.82) is 0 Å². The first-order valence-corrected chi connectivity index (χ1v) is 14.1. The van der Waals surface area contributed by atoms with Crippen LogP contribution in [0.25, 0.3) is 0 Å². The average Bonchev–Trinajstić information content (AvgIpc) is 2.50. The van der Waals surface area contributed by atoms with Gasteiger partial charge in [-0.3, -0.25) is 4.79 Å². The van der Waals surface area contributed by atoms with Crippen LogP contribution in [0.4, 0.5) is 0 Å². The number of aliphatic hydroxyl groups is 1. The number of amides is 1. The summed E-state index contributed by atoms with van der Waals surface area (Å²) in [6, 6.07) is 2.31. The lowest BCUT2D eigenvalue weighted by atomic mass is 10.3. The second kappa shape index (κ2) is 12.8. The van der Waals surface area contributed by atoms with Gasteiger partial charge in [-0.2, -0.15) is 0 Å². The highest BCUT2D eigenvalue weighted by Gasteiger charge is 2.24. The molecule has 1 amide bonds. The van der Waals surface area contributed by atoms with E-state index in [4.69, 9.17) is 8.85 Å². The molecule has 0 aromatic carbocycles. The molecule has 1 unspecified atom stereocenters. The van der Waals surface area contributed by atoms with Crippen molar-refractivity contribution in [3.63, 3.8) is 0 Å². The van der Waals surface area contributed by atoms with E-state index < -0.39 is 23.5 Å². The van der Waals surface area contributed by atoms with E-state index in [-0.39, 0.29) is 19.1 Å². The number of likely N-dealkylation sites (N-methyl/N-ethyl adjacent to an activating group) is 1. The van der Waals surface area contributed by atoms with E-state index in [0.717, 1.165) is 12.5 Å². The van der Waals surface area contributed by atoms with Crippen LogP contribution in [0.2, 0.25) is 31.7 Å². The molecule has 1 atom stereocenters. The molecule has 0 saturated heterocycles. The molecule has 0 aliphatic rings. The Morgan fingerprint density at radius 3 is 2.67 bits per heavy atom. The highest BCUT2D eigenvalue weighted by molar-refractivity contribution is 6.78. The lowest BCUT2D eigenvalue weighted by Crippen LogP contribution is -2.37. The van der Waals surface area contributed by atoms with E-state index in [0.29, 0.717) is 6.61 Å². The zero-order valence-corrected chi connectivity index (χ0v) is 18.1. The lowest BCUT2D eigenvalue weighted by Gasteiger charge is -2.27. The molecule has 0 aromatic heterocycles. The molecule has 1 N–H and O–H groups in total.